The molecule has 18 nitrogen and oxygen atoms in total. The number of carbonyl (C=O) groups excluding carboxylic acids is 5. The zero-order valence-corrected chi connectivity index (χ0v) is 41.9. The van der Waals surface area contributed by atoms with Crippen molar-refractivity contribution in [2.45, 2.75) is 76.3 Å². The summed E-state index contributed by atoms with van der Waals surface area (Å²) in [5.41, 5.74) is 4.25. The maximum atomic E-state index is 15.2. The van der Waals surface area contributed by atoms with E-state index in [4.69, 9.17) is 31.0 Å². The number of imide groups is 1. The molecule has 5 aliphatic rings. The second-order valence-corrected chi connectivity index (χ2v) is 19.9. The van der Waals surface area contributed by atoms with Gasteiger partial charge in [0.15, 0.2) is 11.6 Å². The first-order valence-electron chi connectivity index (χ1n) is 24.9. The van der Waals surface area contributed by atoms with Crippen molar-refractivity contribution in [3.05, 3.63) is 123 Å². The van der Waals surface area contributed by atoms with Crippen LogP contribution in [0, 0.1) is 23.0 Å². The Morgan fingerprint density at radius 2 is 1.77 bits per heavy atom. The predicted octanol–water partition coefficient (Wildman–Crippen LogP) is 6.25. The zero-order valence-electron chi connectivity index (χ0n) is 41.2. The number of amides is 6. The fourth-order valence-corrected chi connectivity index (χ4v) is 11.0. The number of aromatic nitrogens is 2. The first kappa shape index (κ1) is 50.6. The largest absolute Gasteiger partial charge is 0.485 e. The molecule has 0 radical (unpaired) electrons. The van der Waals surface area contributed by atoms with Crippen LogP contribution < -0.4 is 35.2 Å². The third-order valence-corrected chi connectivity index (χ3v) is 15.0. The van der Waals surface area contributed by atoms with Crippen LogP contribution in [0.15, 0.2) is 78.9 Å². The number of fused-ring (bicyclic) bond motifs is 3. The molecule has 4 aromatic carbocycles. The van der Waals surface area contributed by atoms with Crippen LogP contribution in [-0.2, 0) is 40.4 Å². The van der Waals surface area contributed by atoms with E-state index in [1.807, 2.05) is 30.3 Å². The summed E-state index contributed by atoms with van der Waals surface area (Å²) in [6.07, 6.45) is 3.03. The number of nitrogens with zero attached hydrogens (tertiary/aromatic N) is 8. The molecular weight excluding hydrogens is 988 g/mol. The van der Waals surface area contributed by atoms with Crippen molar-refractivity contribution < 1.29 is 42.2 Å². The molecular formula is C54H54ClF2N11O7. The van der Waals surface area contributed by atoms with E-state index in [1.165, 1.54) is 4.90 Å². The molecule has 6 amide bonds. The highest BCUT2D eigenvalue weighted by molar-refractivity contribution is 6.36. The van der Waals surface area contributed by atoms with Gasteiger partial charge in [0.25, 0.3) is 11.8 Å². The van der Waals surface area contributed by atoms with Crippen LogP contribution in [-0.4, -0.2) is 125 Å². The maximum Gasteiger partial charge on any atom is 0.319 e. The summed E-state index contributed by atoms with van der Waals surface area (Å²) in [7, 11) is 2.08. The Bertz CT molecular complexity index is 3190. The molecule has 0 spiro atoms. The second kappa shape index (κ2) is 21.5. The van der Waals surface area contributed by atoms with E-state index in [-0.39, 0.29) is 80.6 Å². The summed E-state index contributed by atoms with van der Waals surface area (Å²) in [6.45, 7) is 6.89. The molecule has 3 N–H and O–H groups in total. The predicted molar refractivity (Wildman–Crippen MR) is 274 cm³/mol. The van der Waals surface area contributed by atoms with Crippen LogP contribution in [0.4, 0.5) is 30.8 Å². The van der Waals surface area contributed by atoms with Gasteiger partial charge in [-0.05, 0) is 74.0 Å². The number of urea groups is 1. The van der Waals surface area contributed by atoms with E-state index in [2.05, 4.69) is 56.4 Å². The van der Waals surface area contributed by atoms with E-state index in [0.717, 1.165) is 59.2 Å². The Kier molecular flexibility index (Phi) is 14.5. The fraction of sp³-hybridized carbons (Fsp3) is 0.370. The third-order valence-electron chi connectivity index (χ3n) is 14.6. The molecule has 3 saturated heterocycles. The number of rotatable bonds is 14. The lowest BCUT2D eigenvalue weighted by atomic mass is 10.0. The number of nitriles is 1. The highest BCUT2D eigenvalue weighted by atomic mass is 35.5. The molecule has 10 rings (SSSR count). The minimum absolute atomic E-state index is 0.00175. The lowest BCUT2D eigenvalue weighted by Gasteiger charge is -2.42. The van der Waals surface area contributed by atoms with Crippen molar-refractivity contribution in [1.29, 1.82) is 5.26 Å². The molecule has 0 saturated carbocycles. The van der Waals surface area contributed by atoms with Crippen LogP contribution in [0.3, 0.4) is 0 Å². The summed E-state index contributed by atoms with van der Waals surface area (Å²) in [4.78, 5) is 83.8. The van der Waals surface area contributed by atoms with Crippen molar-refractivity contribution in [2.75, 3.05) is 68.1 Å². The van der Waals surface area contributed by atoms with Crippen molar-refractivity contribution >= 4 is 69.2 Å². The number of hydrogen-bond donors (Lipinski definition) is 3. The lowest BCUT2D eigenvalue weighted by Crippen LogP contribution is -2.56. The average Bonchev–Trinajstić information content (AvgIpc) is 3.97. The number of halogens is 3. The number of carbonyl (C=O) groups is 5. The molecule has 21 heteroatoms. The second-order valence-electron chi connectivity index (χ2n) is 19.5. The van der Waals surface area contributed by atoms with Crippen LogP contribution in [0.25, 0.3) is 10.8 Å². The SMILES string of the molecule is C=C(COc1cc(NC(=O)NCc2ccc3c(c2)CN(C2CCC(=O)NC2=O)C3=O)cc(F)c1F)C(=O)N1CCN(c2nc(OC[C@@H]3CCCN3C)nc3c2CCN(c2cccc4cccc(Cl)c24)C3)C[C@@H]1CC#N. The van der Waals surface area contributed by atoms with E-state index < -0.39 is 53.9 Å². The first-order valence-corrected chi connectivity index (χ1v) is 25.3. The van der Waals surface area contributed by atoms with Crippen molar-refractivity contribution in [1.82, 2.24) is 35.3 Å². The highest BCUT2D eigenvalue weighted by Crippen LogP contribution is 2.38. The van der Waals surface area contributed by atoms with Crippen LogP contribution in [0.5, 0.6) is 11.8 Å². The van der Waals surface area contributed by atoms with Gasteiger partial charge in [0.2, 0.25) is 17.6 Å². The molecule has 75 heavy (non-hydrogen) atoms. The van der Waals surface area contributed by atoms with Gasteiger partial charge in [-0.25, -0.2) is 9.18 Å². The molecule has 6 heterocycles. The van der Waals surface area contributed by atoms with Gasteiger partial charge in [0, 0.05) is 97.3 Å². The van der Waals surface area contributed by atoms with Gasteiger partial charge < -0.3 is 44.6 Å². The summed E-state index contributed by atoms with van der Waals surface area (Å²) < 4.78 is 42.1. The third kappa shape index (κ3) is 10.6. The van der Waals surface area contributed by atoms with E-state index in [1.54, 1.807) is 23.1 Å². The smallest absolute Gasteiger partial charge is 0.319 e. The molecule has 388 valence electrons. The topological polar surface area (TPSA) is 206 Å². The summed E-state index contributed by atoms with van der Waals surface area (Å²) >= 11 is 6.77. The van der Waals surface area contributed by atoms with Crippen LogP contribution >= 0.6 is 11.6 Å². The number of hydrogen-bond acceptors (Lipinski definition) is 13. The first-order chi connectivity index (χ1) is 36.2. The van der Waals surface area contributed by atoms with Crippen molar-refractivity contribution in [2.24, 2.45) is 0 Å². The number of nitrogens with one attached hydrogen (secondary N) is 3. The number of likely N-dealkylation sites (tertiary alicyclic amines) is 1. The number of piperazine rings is 1. The van der Waals surface area contributed by atoms with Gasteiger partial charge in [0.1, 0.15) is 25.1 Å². The molecule has 0 bridgehead atoms. The lowest BCUT2D eigenvalue weighted by molar-refractivity contribution is -0.137. The molecule has 5 aromatic rings. The van der Waals surface area contributed by atoms with Gasteiger partial charge in [-0.1, -0.05) is 54.6 Å². The Hall–Kier alpha value is -7.89. The minimum Gasteiger partial charge on any atom is -0.485 e. The van der Waals surface area contributed by atoms with E-state index in [0.29, 0.717) is 60.2 Å². The van der Waals surface area contributed by atoms with Gasteiger partial charge >= 0.3 is 12.0 Å². The molecule has 1 unspecified atom stereocenters. The number of anilines is 3. The Labute approximate surface area is 436 Å². The van der Waals surface area contributed by atoms with E-state index >= 15 is 4.39 Å². The summed E-state index contributed by atoms with van der Waals surface area (Å²) in [5.74, 6) is -4.31. The summed E-state index contributed by atoms with van der Waals surface area (Å²) in [5, 5.41) is 20.1. The Balaban J connectivity index is 0.779. The minimum atomic E-state index is -1.34. The summed E-state index contributed by atoms with van der Waals surface area (Å²) in [6, 6.07) is 19.4. The average molecular weight is 1040 g/mol. The molecule has 0 aliphatic carbocycles. The fourth-order valence-electron chi connectivity index (χ4n) is 10.7. The number of piperidine rings is 1. The maximum absolute atomic E-state index is 15.2. The molecule has 3 atom stereocenters. The van der Waals surface area contributed by atoms with Gasteiger partial charge in [-0.2, -0.15) is 19.6 Å². The van der Waals surface area contributed by atoms with E-state index in [9.17, 15) is 33.6 Å². The molecule has 3 fully saturated rings. The monoisotopic (exact) mass is 1040 g/mol. The quantitative estimate of drug-likeness (QED) is 0.0833. The number of likely N-dealkylation sites (N-methyl/N-ethyl adjacent to an activating group) is 1. The van der Waals surface area contributed by atoms with Crippen molar-refractivity contribution in [3.8, 4) is 17.8 Å². The van der Waals surface area contributed by atoms with Gasteiger partial charge in [-0.15, -0.1) is 0 Å². The van der Waals surface area contributed by atoms with Crippen LogP contribution in [0.1, 0.15) is 64.8 Å². The molecule has 1 aromatic heterocycles. The normalized spacial score (nSPS) is 19.6. The zero-order chi connectivity index (χ0) is 52.5. The van der Waals surface area contributed by atoms with Gasteiger partial charge in [-0.3, -0.25) is 24.5 Å². The number of benzene rings is 4. The van der Waals surface area contributed by atoms with Crippen LogP contribution in [0.2, 0.25) is 5.02 Å². The number of ether oxygens (including phenoxy) is 2. The van der Waals surface area contributed by atoms with Gasteiger partial charge in [0.05, 0.1) is 35.8 Å². The Morgan fingerprint density at radius 3 is 2.56 bits per heavy atom. The molecule has 5 aliphatic heterocycles. The standard InChI is InChI=1S/C54H54ClF2N11O7/c1-31(29-74-45-24-35(23-41(56)48(45)57)60-53(73)59-25-32-11-12-38-34(22-32)26-68(52(38)72)44-13-14-46(69)62-50(44)70)51(71)67-21-20-66(27-36(67)15-17-58)49-39-16-19-65(43-10-4-7-33-6-3-9-40(55)47(33)43)28-42(39)61-54(63-49)75-30-37-8-5-18-64(37)2/h3-4,6-7,9-12,22-24,36-37,44H,1,5,8,13-16,18-21,25-30H2,2H3,(H2,59,60,73)(H,62,69,70)/t36-,37-,44?/m0/s1. The van der Waals surface area contributed by atoms with Crippen molar-refractivity contribution in [3.63, 3.8) is 0 Å². The Morgan fingerprint density at radius 1 is 0.947 bits per heavy atom. The highest BCUT2D eigenvalue weighted by Gasteiger charge is 2.40.